The number of aliphatic hydroxyl groups is 1. The normalized spacial score (nSPS) is 12.2. The average molecular weight is 224 g/mol. The quantitative estimate of drug-likeness (QED) is 0.645. The van der Waals surface area contributed by atoms with Crippen molar-refractivity contribution >= 4 is 11.4 Å². The van der Waals surface area contributed by atoms with E-state index in [2.05, 4.69) is 12.2 Å². The van der Waals surface area contributed by atoms with E-state index in [4.69, 9.17) is 15.6 Å². The first-order chi connectivity index (χ1) is 7.61. The highest BCUT2D eigenvalue weighted by Crippen LogP contribution is 2.22. The molecule has 4 N–H and O–H groups in total. The summed E-state index contributed by atoms with van der Waals surface area (Å²) in [6, 6.07) is 5.50. The number of hydrogen-bond acceptors (Lipinski definition) is 4. The number of nitrogen functional groups attached to an aromatic ring is 1. The van der Waals surface area contributed by atoms with Crippen molar-refractivity contribution in [1.29, 1.82) is 0 Å². The zero-order valence-electron chi connectivity index (χ0n) is 9.86. The maximum atomic E-state index is 9.17. The van der Waals surface area contributed by atoms with Crippen LogP contribution in [0.4, 0.5) is 11.4 Å². The Kier molecular flexibility index (Phi) is 4.92. The van der Waals surface area contributed by atoms with Crippen LogP contribution < -0.4 is 15.8 Å². The molecule has 0 fully saturated rings. The number of hydrogen-bond donors (Lipinski definition) is 3. The van der Waals surface area contributed by atoms with Gasteiger partial charge in [0.1, 0.15) is 5.75 Å². The third-order valence-corrected chi connectivity index (χ3v) is 2.00. The molecular weight excluding hydrogens is 204 g/mol. The Morgan fingerprint density at radius 2 is 2.19 bits per heavy atom. The number of rotatable bonds is 6. The molecule has 4 nitrogen and oxygen atoms in total. The van der Waals surface area contributed by atoms with Gasteiger partial charge < -0.3 is 20.9 Å². The van der Waals surface area contributed by atoms with Crippen molar-refractivity contribution < 1.29 is 9.84 Å². The summed E-state index contributed by atoms with van der Waals surface area (Å²) in [5.41, 5.74) is 7.28. The summed E-state index contributed by atoms with van der Waals surface area (Å²) < 4.78 is 5.50. The number of nitrogens with one attached hydrogen (secondary N) is 1. The minimum Gasteiger partial charge on any atom is -0.493 e. The molecule has 0 bridgehead atoms. The molecule has 0 aromatic heterocycles. The molecule has 1 unspecified atom stereocenters. The van der Waals surface area contributed by atoms with Crippen molar-refractivity contribution in [3.8, 4) is 5.75 Å². The summed E-state index contributed by atoms with van der Waals surface area (Å²) in [6.45, 7) is 4.96. The van der Waals surface area contributed by atoms with Gasteiger partial charge >= 0.3 is 0 Å². The molecule has 0 saturated heterocycles. The third-order valence-electron chi connectivity index (χ3n) is 2.00. The fourth-order valence-corrected chi connectivity index (χ4v) is 1.29. The molecule has 16 heavy (non-hydrogen) atoms. The van der Waals surface area contributed by atoms with Crippen LogP contribution in [-0.2, 0) is 0 Å². The lowest BCUT2D eigenvalue weighted by molar-refractivity contribution is 0.208. The molecule has 0 heterocycles. The molecule has 1 rings (SSSR count). The highest BCUT2D eigenvalue weighted by Gasteiger charge is 2.01. The summed E-state index contributed by atoms with van der Waals surface area (Å²) in [6.07, 6.45) is 0.576. The van der Waals surface area contributed by atoms with Crippen LogP contribution in [0.2, 0.25) is 0 Å². The van der Waals surface area contributed by atoms with Gasteiger partial charge in [0.2, 0.25) is 0 Å². The highest BCUT2D eigenvalue weighted by molar-refractivity contribution is 5.59. The number of aliphatic hydroxyl groups excluding tert-OH is 1. The van der Waals surface area contributed by atoms with Gasteiger partial charge in [-0.2, -0.15) is 0 Å². The molecule has 0 aliphatic heterocycles. The van der Waals surface area contributed by atoms with Crippen LogP contribution in [0.15, 0.2) is 18.2 Å². The average Bonchev–Trinajstić information content (AvgIpc) is 2.23. The van der Waals surface area contributed by atoms with E-state index in [1.54, 1.807) is 13.0 Å². The molecule has 1 aromatic rings. The van der Waals surface area contributed by atoms with Gasteiger partial charge in [-0.05, 0) is 19.4 Å². The SMILES string of the molecule is CCCOc1cc(N)cc(NCC(C)O)c1. The van der Waals surface area contributed by atoms with E-state index in [9.17, 15) is 0 Å². The van der Waals surface area contributed by atoms with Gasteiger partial charge in [-0.25, -0.2) is 0 Å². The van der Waals surface area contributed by atoms with Gasteiger partial charge in [-0.3, -0.25) is 0 Å². The van der Waals surface area contributed by atoms with E-state index in [-0.39, 0.29) is 6.10 Å². The van der Waals surface area contributed by atoms with E-state index in [0.717, 1.165) is 17.9 Å². The predicted octanol–water partition coefficient (Wildman–Crippen LogP) is 1.85. The number of ether oxygens (including phenoxy) is 1. The zero-order valence-corrected chi connectivity index (χ0v) is 9.86. The summed E-state index contributed by atoms with van der Waals surface area (Å²) in [5.74, 6) is 0.759. The molecule has 1 aromatic carbocycles. The van der Waals surface area contributed by atoms with Crippen molar-refractivity contribution in [2.45, 2.75) is 26.4 Å². The summed E-state index contributed by atoms with van der Waals surface area (Å²) in [7, 11) is 0. The van der Waals surface area contributed by atoms with E-state index in [1.807, 2.05) is 12.1 Å². The van der Waals surface area contributed by atoms with Crippen LogP contribution in [0.25, 0.3) is 0 Å². The monoisotopic (exact) mass is 224 g/mol. The molecule has 1 atom stereocenters. The van der Waals surface area contributed by atoms with E-state index >= 15 is 0 Å². The Labute approximate surface area is 96.4 Å². The van der Waals surface area contributed by atoms with Crippen LogP contribution in [0, 0.1) is 0 Å². The van der Waals surface area contributed by atoms with Crippen molar-refractivity contribution in [1.82, 2.24) is 0 Å². The Morgan fingerprint density at radius 3 is 2.81 bits per heavy atom. The molecule has 0 radical (unpaired) electrons. The lowest BCUT2D eigenvalue weighted by Gasteiger charge is -2.11. The lowest BCUT2D eigenvalue weighted by Crippen LogP contribution is -2.15. The van der Waals surface area contributed by atoms with Gasteiger partial charge in [0.25, 0.3) is 0 Å². The van der Waals surface area contributed by atoms with Gasteiger partial charge in [0, 0.05) is 30.1 Å². The maximum Gasteiger partial charge on any atom is 0.123 e. The first-order valence-electron chi connectivity index (χ1n) is 5.57. The van der Waals surface area contributed by atoms with Crippen LogP contribution in [-0.4, -0.2) is 24.4 Å². The number of nitrogens with two attached hydrogens (primary N) is 1. The Bertz CT molecular complexity index is 327. The fraction of sp³-hybridized carbons (Fsp3) is 0.500. The van der Waals surface area contributed by atoms with Crippen LogP contribution in [0.1, 0.15) is 20.3 Å². The Morgan fingerprint density at radius 1 is 1.44 bits per heavy atom. The fourth-order valence-electron chi connectivity index (χ4n) is 1.29. The molecule has 0 amide bonds. The second-order valence-electron chi connectivity index (χ2n) is 3.87. The lowest BCUT2D eigenvalue weighted by atomic mass is 10.2. The second kappa shape index (κ2) is 6.23. The Hall–Kier alpha value is -1.42. The molecule has 0 aliphatic carbocycles. The van der Waals surface area contributed by atoms with E-state index < -0.39 is 0 Å². The van der Waals surface area contributed by atoms with Gasteiger partial charge in [-0.1, -0.05) is 6.92 Å². The predicted molar refractivity (Wildman–Crippen MR) is 66.8 cm³/mol. The summed E-state index contributed by atoms with van der Waals surface area (Å²) in [4.78, 5) is 0. The first-order valence-corrected chi connectivity index (χ1v) is 5.57. The van der Waals surface area contributed by atoms with Gasteiger partial charge in [0.05, 0.1) is 12.7 Å². The first kappa shape index (κ1) is 12.6. The van der Waals surface area contributed by atoms with Crippen molar-refractivity contribution in [2.75, 3.05) is 24.2 Å². The molecule has 0 saturated carbocycles. The zero-order chi connectivity index (χ0) is 12.0. The van der Waals surface area contributed by atoms with Crippen LogP contribution in [0.5, 0.6) is 5.75 Å². The third kappa shape index (κ3) is 4.40. The van der Waals surface area contributed by atoms with Crippen LogP contribution >= 0.6 is 0 Å². The van der Waals surface area contributed by atoms with Gasteiger partial charge in [0.15, 0.2) is 0 Å². The molecule has 90 valence electrons. The van der Waals surface area contributed by atoms with E-state index in [0.29, 0.717) is 18.8 Å². The molecule has 0 aliphatic rings. The van der Waals surface area contributed by atoms with E-state index in [1.165, 1.54) is 0 Å². The summed E-state index contributed by atoms with van der Waals surface area (Å²) >= 11 is 0. The smallest absolute Gasteiger partial charge is 0.123 e. The number of benzene rings is 1. The Balaban J connectivity index is 2.65. The van der Waals surface area contributed by atoms with Gasteiger partial charge in [-0.15, -0.1) is 0 Å². The summed E-state index contributed by atoms with van der Waals surface area (Å²) in [5, 5.41) is 12.3. The number of anilines is 2. The van der Waals surface area contributed by atoms with Crippen molar-refractivity contribution in [3.05, 3.63) is 18.2 Å². The minimum atomic E-state index is -0.388. The second-order valence-corrected chi connectivity index (χ2v) is 3.87. The minimum absolute atomic E-state index is 0.388. The van der Waals surface area contributed by atoms with Crippen LogP contribution in [0.3, 0.4) is 0 Å². The van der Waals surface area contributed by atoms with Crippen molar-refractivity contribution in [3.63, 3.8) is 0 Å². The molecular formula is C12H20N2O2. The topological polar surface area (TPSA) is 67.5 Å². The largest absolute Gasteiger partial charge is 0.493 e. The van der Waals surface area contributed by atoms with Crippen molar-refractivity contribution in [2.24, 2.45) is 0 Å². The molecule has 0 spiro atoms. The molecule has 4 heteroatoms. The maximum absolute atomic E-state index is 9.17. The highest BCUT2D eigenvalue weighted by atomic mass is 16.5. The standard InChI is InChI=1S/C12H20N2O2/c1-3-4-16-12-6-10(13)5-11(7-12)14-8-9(2)15/h5-7,9,14-15H,3-4,8,13H2,1-2H3.